The van der Waals surface area contributed by atoms with E-state index in [9.17, 15) is 0 Å². The number of allylic oxidation sites excluding steroid dienone is 1. The third-order valence-electron chi connectivity index (χ3n) is 2.02. The van der Waals surface area contributed by atoms with Crippen LogP contribution in [0.4, 0.5) is 0 Å². The van der Waals surface area contributed by atoms with Gasteiger partial charge >= 0.3 is 0 Å². The summed E-state index contributed by atoms with van der Waals surface area (Å²) >= 11 is 0. The first kappa shape index (κ1) is 9.61. The van der Waals surface area contributed by atoms with Gasteiger partial charge in [0.15, 0.2) is 0 Å². The minimum absolute atomic E-state index is 1.28. The van der Waals surface area contributed by atoms with Crippen molar-refractivity contribution in [2.24, 2.45) is 0 Å². The van der Waals surface area contributed by atoms with Crippen LogP contribution < -0.4 is 0 Å². The van der Waals surface area contributed by atoms with Crippen LogP contribution in [0.2, 0.25) is 0 Å². The van der Waals surface area contributed by atoms with E-state index in [0.29, 0.717) is 0 Å². The van der Waals surface area contributed by atoms with E-state index in [1.807, 2.05) is 13.0 Å². The molecule has 13 heavy (non-hydrogen) atoms. The Morgan fingerprint density at radius 1 is 1.15 bits per heavy atom. The molecular weight excluding hydrogens is 156 g/mol. The Hall–Kier alpha value is -1.48. The SMILES string of the molecule is CC#C/C=C\c1c(C)cccc1C. The van der Waals surface area contributed by atoms with Gasteiger partial charge in [-0.05, 0) is 49.6 Å². The Morgan fingerprint density at radius 2 is 1.77 bits per heavy atom. The molecule has 66 valence electrons. The van der Waals surface area contributed by atoms with Gasteiger partial charge in [-0.2, -0.15) is 0 Å². The second-order valence-corrected chi connectivity index (χ2v) is 3.03. The monoisotopic (exact) mass is 170 g/mol. The molecule has 0 heteroatoms. The van der Waals surface area contributed by atoms with Crippen LogP contribution in [0.15, 0.2) is 24.3 Å². The predicted octanol–water partition coefficient (Wildman–Crippen LogP) is 3.34. The number of rotatable bonds is 1. The number of aryl methyl sites for hydroxylation is 2. The molecule has 0 N–H and O–H groups in total. The van der Waals surface area contributed by atoms with E-state index in [1.54, 1.807) is 0 Å². The van der Waals surface area contributed by atoms with Crippen molar-refractivity contribution in [1.29, 1.82) is 0 Å². The Morgan fingerprint density at radius 3 is 2.31 bits per heavy atom. The van der Waals surface area contributed by atoms with Gasteiger partial charge in [-0.1, -0.05) is 24.1 Å². The fourth-order valence-corrected chi connectivity index (χ4v) is 1.30. The zero-order valence-electron chi connectivity index (χ0n) is 8.39. The summed E-state index contributed by atoms with van der Waals surface area (Å²) in [4.78, 5) is 0. The third-order valence-corrected chi connectivity index (χ3v) is 2.02. The normalized spacial score (nSPS) is 9.77. The molecule has 1 aromatic carbocycles. The van der Waals surface area contributed by atoms with Crippen molar-refractivity contribution in [2.75, 3.05) is 0 Å². The predicted molar refractivity (Wildman–Crippen MR) is 58.4 cm³/mol. The summed E-state index contributed by atoms with van der Waals surface area (Å²) in [7, 11) is 0. The first-order chi connectivity index (χ1) is 6.25. The first-order valence-electron chi connectivity index (χ1n) is 4.40. The Balaban J connectivity index is 3.04. The lowest BCUT2D eigenvalue weighted by Crippen LogP contribution is -1.84. The average Bonchev–Trinajstić information content (AvgIpc) is 2.10. The average molecular weight is 170 g/mol. The molecule has 0 aliphatic carbocycles. The number of hydrogen-bond acceptors (Lipinski definition) is 0. The van der Waals surface area contributed by atoms with Gasteiger partial charge in [0.05, 0.1) is 0 Å². The summed E-state index contributed by atoms with van der Waals surface area (Å²) in [6.07, 6.45) is 3.97. The van der Waals surface area contributed by atoms with Crippen LogP contribution in [0.25, 0.3) is 6.08 Å². The molecule has 1 rings (SSSR count). The van der Waals surface area contributed by atoms with Gasteiger partial charge in [0, 0.05) is 0 Å². The number of benzene rings is 1. The molecule has 0 bridgehead atoms. The second kappa shape index (κ2) is 4.52. The number of hydrogen-bond donors (Lipinski definition) is 0. The molecule has 0 unspecified atom stereocenters. The van der Waals surface area contributed by atoms with E-state index >= 15 is 0 Å². The zero-order chi connectivity index (χ0) is 9.68. The third kappa shape index (κ3) is 2.49. The van der Waals surface area contributed by atoms with Crippen molar-refractivity contribution < 1.29 is 0 Å². The molecule has 1 aromatic rings. The van der Waals surface area contributed by atoms with Crippen molar-refractivity contribution >= 4 is 6.08 Å². The van der Waals surface area contributed by atoms with E-state index in [0.717, 1.165) is 0 Å². The highest BCUT2D eigenvalue weighted by molar-refractivity contribution is 5.59. The Kier molecular flexibility index (Phi) is 3.34. The van der Waals surface area contributed by atoms with Crippen LogP contribution in [0, 0.1) is 25.7 Å². The molecule has 0 spiro atoms. The van der Waals surface area contributed by atoms with Crippen molar-refractivity contribution in [3.05, 3.63) is 41.0 Å². The minimum atomic E-state index is 1.28. The molecule has 0 saturated heterocycles. The molecule has 0 fully saturated rings. The maximum Gasteiger partial charge on any atom is -0.00235 e. The summed E-state index contributed by atoms with van der Waals surface area (Å²) in [5, 5.41) is 0. The lowest BCUT2D eigenvalue weighted by atomic mass is 10.0. The van der Waals surface area contributed by atoms with Gasteiger partial charge in [-0.3, -0.25) is 0 Å². The fraction of sp³-hybridized carbons (Fsp3) is 0.231. The van der Waals surface area contributed by atoms with Crippen LogP contribution in [0.3, 0.4) is 0 Å². The molecule has 0 nitrogen and oxygen atoms in total. The van der Waals surface area contributed by atoms with E-state index in [4.69, 9.17) is 0 Å². The van der Waals surface area contributed by atoms with E-state index in [1.165, 1.54) is 16.7 Å². The van der Waals surface area contributed by atoms with Crippen molar-refractivity contribution in [3.8, 4) is 11.8 Å². The highest BCUT2D eigenvalue weighted by Gasteiger charge is 1.95. The van der Waals surface area contributed by atoms with Gasteiger partial charge in [0.1, 0.15) is 0 Å². The van der Waals surface area contributed by atoms with Gasteiger partial charge in [0.25, 0.3) is 0 Å². The largest absolute Gasteiger partial charge is 0.102 e. The summed E-state index contributed by atoms with van der Waals surface area (Å²) in [5.74, 6) is 5.76. The van der Waals surface area contributed by atoms with E-state index in [2.05, 4.69) is 50.0 Å². The van der Waals surface area contributed by atoms with E-state index < -0.39 is 0 Å². The standard InChI is InChI=1S/C13H14/c1-4-5-6-10-13-11(2)8-7-9-12(13)3/h6-10H,1-3H3/b10-6-. The van der Waals surface area contributed by atoms with E-state index in [-0.39, 0.29) is 0 Å². The van der Waals surface area contributed by atoms with Crippen LogP contribution in [0.5, 0.6) is 0 Å². The minimum Gasteiger partial charge on any atom is -0.102 e. The Labute approximate surface area is 80.3 Å². The molecule has 0 aliphatic heterocycles. The summed E-state index contributed by atoms with van der Waals surface area (Å²) in [6, 6.07) is 6.31. The first-order valence-corrected chi connectivity index (χ1v) is 4.40. The van der Waals surface area contributed by atoms with Crippen LogP contribution in [-0.4, -0.2) is 0 Å². The molecule has 0 aromatic heterocycles. The molecule has 0 radical (unpaired) electrons. The van der Waals surface area contributed by atoms with Crippen molar-refractivity contribution in [2.45, 2.75) is 20.8 Å². The summed E-state index contributed by atoms with van der Waals surface area (Å²) in [5.41, 5.74) is 3.88. The smallest absolute Gasteiger partial charge is 0.00235 e. The summed E-state index contributed by atoms with van der Waals surface area (Å²) < 4.78 is 0. The Bertz CT molecular complexity index is 353. The van der Waals surface area contributed by atoms with Gasteiger partial charge in [0.2, 0.25) is 0 Å². The molecule has 0 heterocycles. The molecule has 0 aliphatic rings. The van der Waals surface area contributed by atoms with Crippen LogP contribution in [0.1, 0.15) is 23.6 Å². The topological polar surface area (TPSA) is 0 Å². The van der Waals surface area contributed by atoms with Gasteiger partial charge < -0.3 is 0 Å². The van der Waals surface area contributed by atoms with Crippen LogP contribution in [-0.2, 0) is 0 Å². The molecular formula is C13H14. The quantitative estimate of drug-likeness (QED) is 0.567. The van der Waals surface area contributed by atoms with Crippen LogP contribution >= 0.6 is 0 Å². The highest BCUT2D eigenvalue weighted by atomic mass is 14.0. The maximum atomic E-state index is 2.92. The van der Waals surface area contributed by atoms with Gasteiger partial charge in [-0.25, -0.2) is 0 Å². The molecule has 0 saturated carbocycles. The van der Waals surface area contributed by atoms with Crippen molar-refractivity contribution in [3.63, 3.8) is 0 Å². The highest BCUT2D eigenvalue weighted by Crippen LogP contribution is 2.14. The van der Waals surface area contributed by atoms with Crippen molar-refractivity contribution in [1.82, 2.24) is 0 Å². The lowest BCUT2D eigenvalue weighted by Gasteiger charge is -2.02. The zero-order valence-corrected chi connectivity index (χ0v) is 8.39. The summed E-state index contributed by atoms with van der Waals surface area (Å²) in [6.45, 7) is 6.08. The molecule has 0 atom stereocenters. The van der Waals surface area contributed by atoms with Gasteiger partial charge in [-0.15, -0.1) is 5.92 Å². The maximum absolute atomic E-state index is 2.92. The lowest BCUT2D eigenvalue weighted by molar-refractivity contribution is 1.36. The fourth-order valence-electron chi connectivity index (χ4n) is 1.30. The molecule has 0 amide bonds. The second-order valence-electron chi connectivity index (χ2n) is 3.03.